The number of nitrogens with zero attached hydrogens (tertiary/aromatic N) is 2. The highest BCUT2D eigenvalue weighted by molar-refractivity contribution is 5.96. The first kappa shape index (κ1) is 21.8. The summed E-state index contributed by atoms with van der Waals surface area (Å²) >= 11 is 0. The van der Waals surface area contributed by atoms with Gasteiger partial charge in [-0.15, -0.1) is 0 Å². The lowest BCUT2D eigenvalue weighted by molar-refractivity contribution is -0.126. The van der Waals surface area contributed by atoms with Crippen molar-refractivity contribution in [1.29, 1.82) is 0 Å². The molecule has 0 bridgehead atoms. The molecule has 3 rings (SSSR count). The Morgan fingerprint density at radius 3 is 2.55 bits per heavy atom. The van der Waals surface area contributed by atoms with Crippen LogP contribution in [0.1, 0.15) is 19.4 Å². The molecule has 0 aliphatic heterocycles. The average Bonchev–Trinajstić information content (AvgIpc) is 3.22. The van der Waals surface area contributed by atoms with Crippen LogP contribution in [-0.2, 0) is 9.59 Å². The second-order valence-corrected chi connectivity index (χ2v) is 6.87. The summed E-state index contributed by atoms with van der Waals surface area (Å²) < 4.78 is 7.26. The van der Waals surface area contributed by atoms with Crippen LogP contribution in [0.5, 0.6) is 5.75 Å². The molecule has 2 amide bonds. The molecule has 0 saturated carbocycles. The van der Waals surface area contributed by atoms with E-state index >= 15 is 0 Å². The molecule has 0 fully saturated rings. The zero-order valence-corrected chi connectivity index (χ0v) is 17.8. The van der Waals surface area contributed by atoms with Gasteiger partial charge in [-0.1, -0.05) is 30.3 Å². The zero-order chi connectivity index (χ0) is 22.2. The Hall–Kier alpha value is -3.87. The highest BCUT2D eigenvalue weighted by Crippen LogP contribution is 2.32. The normalized spacial score (nSPS) is 11.8. The molecule has 1 aromatic heterocycles. The molecule has 2 aromatic carbocycles. The molecule has 0 radical (unpaired) electrons. The predicted molar refractivity (Wildman–Crippen MR) is 121 cm³/mol. The van der Waals surface area contributed by atoms with Crippen LogP contribution in [0.3, 0.4) is 0 Å². The number of carbonyl (C=O) groups is 2. The van der Waals surface area contributed by atoms with Crippen LogP contribution in [0.2, 0.25) is 0 Å². The third-order valence-corrected chi connectivity index (χ3v) is 4.64. The summed E-state index contributed by atoms with van der Waals surface area (Å²) in [6.45, 7) is 3.98. The standard InChI is InChI=1S/C24H26N4O3/c1-4-25-24(30)17(2)26-22(29)15-14-18-16-28(19-10-6-5-7-11-19)27-23(18)20-12-8-9-13-21(20)31-3/h5-17H,4H2,1-3H3,(H,25,30)(H,26,29)/b15-14+/t17-/m0/s1. The van der Waals surface area contributed by atoms with Gasteiger partial charge in [-0.2, -0.15) is 5.10 Å². The number of aromatic nitrogens is 2. The summed E-state index contributed by atoms with van der Waals surface area (Å²) in [7, 11) is 1.61. The minimum Gasteiger partial charge on any atom is -0.496 e. The maximum Gasteiger partial charge on any atom is 0.244 e. The number of hydrogen-bond donors (Lipinski definition) is 2. The molecule has 2 N–H and O–H groups in total. The Morgan fingerprint density at radius 1 is 1.13 bits per heavy atom. The summed E-state index contributed by atoms with van der Waals surface area (Å²) in [4.78, 5) is 24.2. The second-order valence-electron chi connectivity index (χ2n) is 6.87. The van der Waals surface area contributed by atoms with Crippen LogP contribution in [0.4, 0.5) is 0 Å². The summed E-state index contributed by atoms with van der Waals surface area (Å²) in [6, 6.07) is 16.7. The predicted octanol–water partition coefficient (Wildman–Crippen LogP) is 3.20. The van der Waals surface area contributed by atoms with Gasteiger partial charge in [-0.3, -0.25) is 9.59 Å². The lowest BCUT2D eigenvalue weighted by Crippen LogP contribution is -2.44. The molecule has 7 heteroatoms. The Balaban J connectivity index is 1.93. The molecule has 3 aromatic rings. The number of methoxy groups -OCH3 is 1. The van der Waals surface area contributed by atoms with Crippen molar-refractivity contribution in [3.8, 4) is 22.7 Å². The van der Waals surface area contributed by atoms with Crippen molar-refractivity contribution in [2.45, 2.75) is 19.9 Å². The monoisotopic (exact) mass is 418 g/mol. The molecule has 0 aliphatic carbocycles. The molecule has 0 saturated heterocycles. The van der Waals surface area contributed by atoms with Gasteiger partial charge < -0.3 is 15.4 Å². The average molecular weight is 418 g/mol. The lowest BCUT2D eigenvalue weighted by Gasteiger charge is -2.11. The lowest BCUT2D eigenvalue weighted by atomic mass is 10.1. The van der Waals surface area contributed by atoms with Gasteiger partial charge in [0.05, 0.1) is 12.8 Å². The second kappa shape index (κ2) is 10.2. The van der Waals surface area contributed by atoms with Gasteiger partial charge in [0.2, 0.25) is 11.8 Å². The molecule has 1 atom stereocenters. The quantitative estimate of drug-likeness (QED) is 0.550. The number of hydrogen-bond acceptors (Lipinski definition) is 4. The number of nitrogens with one attached hydrogen (secondary N) is 2. The van der Waals surface area contributed by atoms with Crippen molar-refractivity contribution in [3.63, 3.8) is 0 Å². The number of carbonyl (C=O) groups excluding carboxylic acids is 2. The first-order valence-electron chi connectivity index (χ1n) is 10.1. The van der Waals surface area contributed by atoms with Crippen LogP contribution >= 0.6 is 0 Å². The van der Waals surface area contributed by atoms with Crippen LogP contribution in [0, 0.1) is 0 Å². The van der Waals surface area contributed by atoms with E-state index in [0.29, 0.717) is 18.0 Å². The van der Waals surface area contributed by atoms with Crippen LogP contribution in [0.15, 0.2) is 66.9 Å². The van der Waals surface area contributed by atoms with Crippen molar-refractivity contribution in [3.05, 3.63) is 72.4 Å². The van der Waals surface area contributed by atoms with Gasteiger partial charge in [0, 0.05) is 29.9 Å². The van der Waals surface area contributed by atoms with E-state index < -0.39 is 6.04 Å². The largest absolute Gasteiger partial charge is 0.496 e. The zero-order valence-electron chi connectivity index (χ0n) is 17.8. The molecule has 1 heterocycles. The third-order valence-electron chi connectivity index (χ3n) is 4.64. The number of amides is 2. The van der Waals surface area contributed by atoms with Gasteiger partial charge in [0.25, 0.3) is 0 Å². The topological polar surface area (TPSA) is 85.3 Å². The van der Waals surface area contributed by atoms with E-state index in [1.165, 1.54) is 6.08 Å². The van der Waals surface area contributed by atoms with Crippen molar-refractivity contribution in [1.82, 2.24) is 20.4 Å². The van der Waals surface area contributed by atoms with Gasteiger partial charge in [-0.25, -0.2) is 4.68 Å². The van der Waals surface area contributed by atoms with E-state index in [9.17, 15) is 9.59 Å². The Kier molecular flexibility index (Phi) is 7.22. The minimum absolute atomic E-state index is 0.226. The third kappa shape index (κ3) is 5.39. The summed E-state index contributed by atoms with van der Waals surface area (Å²) in [5.74, 6) is 0.0952. The molecular weight excluding hydrogens is 392 g/mol. The van der Waals surface area contributed by atoms with Gasteiger partial charge in [0.15, 0.2) is 0 Å². The van der Waals surface area contributed by atoms with Gasteiger partial charge in [0.1, 0.15) is 17.5 Å². The molecule has 160 valence electrons. The fourth-order valence-corrected chi connectivity index (χ4v) is 3.09. The first-order chi connectivity index (χ1) is 15.0. The van der Waals surface area contributed by atoms with Crippen molar-refractivity contribution >= 4 is 17.9 Å². The summed E-state index contributed by atoms with van der Waals surface area (Å²) in [5, 5.41) is 10.1. The SMILES string of the molecule is CCNC(=O)[C@H](C)NC(=O)/C=C/c1cn(-c2ccccc2)nc1-c1ccccc1OC. The fraction of sp³-hybridized carbons (Fsp3) is 0.208. The maximum absolute atomic E-state index is 12.4. The van der Waals surface area contributed by atoms with E-state index in [1.807, 2.05) is 67.7 Å². The summed E-state index contributed by atoms with van der Waals surface area (Å²) in [6.07, 6.45) is 4.95. The Labute approximate surface area is 181 Å². The minimum atomic E-state index is -0.627. The maximum atomic E-state index is 12.4. The number of rotatable bonds is 8. The smallest absolute Gasteiger partial charge is 0.244 e. The van der Waals surface area contributed by atoms with Crippen LogP contribution in [0.25, 0.3) is 23.0 Å². The van der Waals surface area contributed by atoms with Crippen LogP contribution < -0.4 is 15.4 Å². The van der Waals surface area contributed by atoms with Crippen molar-refractivity contribution < 1.29 is 14.3 Å². The molecule has 0 aliphatic rings. The Morgan fingerprint density at radius 2 is 1.84 bits per heavy atom. The fourth-order valence-electron chi connectivity index (χ4n) is 3.09. The number of ether oxygens (including phenoxy) is 1. The first-order valence-corrected chi connectivity index (χ1v) is 10.1. The molecule has 7 nitrogen and oxygen atoms in total. The molecule has 31 heavy (non-hydrogen) atoms. The van der Waals surface area contributed by atoms with Crippen molar-refractivity contribution in [2.75, 3.05) is 13.7 Å². The number of likely N-dealkylation sites (N-methyl/N-ethyl adjacent to an activating group) is 1. The molecular formula is C24H26N4O3. The summed E-state index contributed by atoms with van der Waals surface area (Å²) in [5.41, 5.74) is 3.14. The van der Waals surface area contributed by atoms with E-state index in [0.717, 1.165) is 16.8 Å². The van der Waals surface area contributed by atoms with Gasteiger partial charge in [-0.05, 0) is 44.2 Å². The van der Waals surface area contributed by atoms with E-state index in [4.69, 9.17) is 9.84 Å². The van der Waals surface area contributed by atoms with E-state index in [-0.39, 0.29) is 11.8 Å². The van der Waals surface area contributed by atoms with Gasteiger partial charge >= 0.3 is 0 Å². The number of para-hydroxylation sites is 2. The molecule has 0 unspecified atom stereocenters. The van der Waals surface area contributed by atoms with Crippen LogP contribution in [-0.4, -0.2) is 41.3 Å². The van der Waals surface area contributed by atoms with Crippen molar-refractivity contribution in [2.24, 2.45) is 0 Å². The number of benzene rings is 2. The highest BCUT2D eigenvalue weighted by Gasteiger charge is 2.16. The van der Waals surface area contributed by atoms with E-state index in [1.54, 1.807) is 24.8 Å². The highest BCUT2D eigenvalue weighted by atomic mass is 16.5. The molecule has 0 spiro atoms. The van der Waals surface area contributed by atoms with E-state index in [2.05, 4.69) is 10.6 Å². The Bertz CT molecular complexity index is 1070.